The van der Waals surface area contributed by atoms with Gasteiger partial charge in [0.2, 0.25) is 0 Å². The lowest BCUT2D eigenvalue weighted by molar-refractivity contribution is -0.132. The molecule has 2 aromatic rings. The molecule has 2 N–H and O–H groups in total. The Morgan fingerprint density at radius 3 is 2.28 bits per heavy atom. The summed E-state index contributed by atoms with van der Waals surface area (Å²) >= 11 is 0. The van der Waals surface area contributed by atoms with E-state index in [9.17, 15) is 23.2 Å². The fourth-order valence-corrected chi connectivity index (χ4v) is 2.56. The minimum Gasteiger partial charge on any atom is -0.318 e. The highest BCUT2D eigenvalue weighted by Gasteiger charge is 2.50. The van der Waals surface area contributed by atoms with Crippen LogP contribution in [0, 0.1) is 11.6 Å². The molecule has 6 nitrogen and oxygen atoms in total. The third-order valence-corrected chi connectivity index (χ3v) is 3.88. The van der Waals surface area contributed by atoms with Gasteiger partial charge < -0.3 is 5.32 Å². The Labute approximate surface area is 141 Å². The van der Waals surface area contributed by atoms with E-state index in [4.69, 9.17) is 0 Å². The molecule has 0 aliphatic carbocycles. The van der Waals surface area contributed by atoms with Gasteiger partial charge in [0.15, 0.2) is 0 Å². The number of hydrogen-bond donors (Lipinski definition) is 2. The van der Waals surface area contributed by atoms with Gasteiger partial charge in [-0.25, -0.2) is 13.6 Å². The summed E-state index contributed by atoms with van der Waals surface area (Å²) in [5.74, 6) is -3.60. The van der Waals surface area contributed by atoms with Crippen LogP contribution in [0.1, 0.15) is 22.8 Å². The third kappa shape index (κ3) is 2.93. The first-order valence-electron chi connectivity index (χ1n) is 7.30. The van der Waals surface area contributed by atoms with Crippen molar-refractivity contribution >= 4 is 17.8 Å². The van der Waals surface area contributed by atoms with Crippen molar-refractivity contribution in [1.82, 2.24) is 15.8 Å². The van der Waals surface area contributed by atoms with Crippen molar-refractivity contribution in [2.75, 3.05) is 0 Å². The van der Waals surface area contributed by atoms with Crippen LogP contribution in [0.4, 0.5) is 13.6 Å². The third-order valence-electron chi connectivity index (χ3n) is 3.88. The van der Waals surface area contributed by atoms with E-state index in [2.05, 4.69) is 10.7 Å². The number of amides is 4. The lowest BCUT2D eigenvalue weighted by Crippen LogP contribution is -2.47. The fourth-order valence-electron chi connectivity index (χ4n) is 2.56. The number of nitrogens with zero attached hydrogens (tertiary/aromatic N) is 1. The Balaban J connectivity index is 1.85. The number of halogens is 2. The first kappa shape index (κ1) is 16.6. The molecule has 128 valence electrons. The van der Waals surface area contributed by atoms with Crippen molar-refractivity contribution < 1.29 is 23.2 Å². The van der Waals surface area contributed by atoms with Crippen molar-refractivity contribution in [1.29, 1.82) is 0 Å². The van der Waals surface area contributed by atoms with Gasteiger partial charge in [-0.15, -0.1) is 0 Å². The number of hydrogen-bond acceptors (Lipinski definition) is 3. The van der Waals surface area contributed by atoms with Crippen LogP contribution in [0.25, 0.3) is 0 Å². The van der Waals surface area contributed by atoms with Gasteiger partial charge >= 0.3 is 6.03 Å². The smallest absolute Gasteiger partial charge is 0.318 e. The SMILES string of the molecule is CC1(c2ccccc2)NC(=O)N(NC(=O)c2cc(F)cc(F)c2)C1=O. The maximum atomic E-state index is 13.2. The number of hydrazine groups is 1. The largest absolute Gasteiger partial charge is 0.344 e. The van der Waals surface area contributed by atoms with E-state index in [0.29, 0.717) is 16.6 Å². The molecule has 0 aromatic heterocycles. The second-order valence-electron chi connectivity index (χ2n) is 5.66. The van der Waals surface area contributed by atoms with Crippen molar-refractivity contribution in [2.45, 2.75) is 12.5 Å². The van der Waals surface area contributed by atoms with E-state index >= 15 is 0 Å². The van der Waals surface area contributed by atoms with Crippen LogP contribution >= 0.6 is 0 Å². The molecule has 1 aliphatic rings. The molecule has 4 amide bonds. The molecule has 0 bridgehead atoms. The second kappa shape index (κ2) is 5.97. The van der Waals surface area contributed by atoms with E-state index in [1.165, 1.54) is 6.92 Å². The van der Waals surface area contributed by atoms with Crippen LogP contribution in [0.5, 0.6) is 0 Å². The van der Waals surface area contributed by atoms with Crippen molar-refractivity contribution in [3.8, 4) is 0 Å². The highest BCUT2D eigenvalue weighted by atomic mass is 19.1. The van der Waals surface area contributed by atoms with E-state index in [0.717, 1.165) is 12.1 Å². The minimum absolute atomic E-state index is 0.355. The fraction of sp³-hybridized carbons (Fsp3) is 0.118. The summed E-state index contributed by atoms with van der Waals surface area (Å²) in [5.41, 5.74) is 0.886. The number of urea groups is 1. The molecule has 1 atom stereocenters. The van der Waals surface area contributed by atoms with E-state index < -0.39 is 35.0 Å². The summed E-state index contributed by atoms with van der Waals surface area (Å²) in [4.78, 5) is 36.8. The Bertz CT molecular complexity index is 852. The second-order valence-corrected chi connectivity index (χ2v) is 5.66. The molecule has 1 fully saturated rings. The monoisotopic (exact) mass is 345 g/mol. The lowest BCUT2D eigenvalue weighted by atomic mass is 9.92. The van der Waals surface area contributed by atoms with Crippen LogP contribution in [0.15, 0.2) is 48.5 Å². The van der Waals surface area contributed by atoms with Crippen LogP contribution in [0.2, 0.25) is 0 Å². The number of imide groups is 1. The van der Waals surface area contributed by atoms with Gasteiger partial charge in [-0.05, 0) is 24.6 Å². The Kier molecular flexibility index (Phi) is 3.96. The molecule has 0 radical (unpaired) electrons. The van der Waals surface area contributed by atoms with Gasteiger partial charge in [-0.3, -0.25) is 15.0 Å². The molecule has 8 heteroatoms. The lowest BCUT2D eigenvalue weighted by Gasteiger charge is -2.22. The summed E-state index contributed by atoms with van der Waals surface area (Å²) in [7, 11) is 0. The number of carbonyl (C=O) groups is 3. The molecule has 1 unspecified atom stereocenters. The summed E-state index contributed by atoms with van der Waals surface area (Å²) in [6, 6.07) is 9.84. The van der Waals surface area contributed by atoms with Gasteiger partial charge in [0, 0.05) is 11.6 Å². The predicted molar refractivity (Wildman–Crippen MR) is 83.0 cm³/mol. The first-order valence-corrected chi connectivity index (χ1v) is 7.30. The summed E-state index contributed by atoms with van der Waals surface area (Å²) in [6.45, 7) is 1.50. The highest BCUT2D eigenvalue weighted by molar-refractivity contribution is 6.09. The summed E-state index contributed by atoms with van der Waals surface area (Å²) in [6.07, 6.45) is 0. The maximum Gasteiger partial charge on any atom is 0.344 e. The molecule has 1 heterocycles. The van der Waals surface area contributed by atoms with Gasteiger partial charge in [-0.1, -0.05) is 30.3 Å². The summed E-state index contributed by atoms with van der Waals surface area (Å²) in [5, 5.41) is 3.00. The molecule has 1 aliphatic heterocycles. The van der Waals surface area contributed by atoms with Gasteiger partial charge in [0.25, 0.3) is 11.8 Å². The van der Waals surface area contributed by atoms with Crippen LogP contribution < -0.4 is 10.7 Å². The van der Waals surface area contributed by atoms with Crippen molar-refractivity contribution in [3.05, 3.63) is 71.3 Å². The van der Waals surface area contributed by atoms with Crippen LogP contribution in [0.3, 0.4) is 0 Å². The van der Waals surface area contributed by atoms with E-state index in [1.54, 1.807) is 30.3 Å². The van der Waals surface area contributed by atoms with Gasteiger partial charge in [-0.2, -0.15) is 5.01 Å². The quantitative estimate of drug-likeness (QED) is 0.836. The number of carbonyl (C=O) groups excluding carboxylic acids is 3. The predicted octanol–water partition coefficient (Wildman–Crippen LogP) is 2.08. The van der Waals surface area contributed by atoms with E-state index in [1.807, 2.05) is 0 Å². The molecule has 2 aromatic carbocycles. The molecule has 0 spiro atoms. The van der Waals surface area contributed by atoms with Crippen LogP contribution in [-0.4, -0.2) is 22.9 Å². The molecule has 1 saturated heterocycles. The molecule has 25 heavy (non-hydrogen) atoms. The topological polar surface area (TPSA) is 78.5 Å². The molecular weight excluding hydrogens is 332 g/mol. The van der Waals surface area contributed by atoms with Gasteiger partial charge in [0.1, 0.15) is 17.2 Å². The zero-order valence-corrected chi connectivity index (χ0v) is 13.0. The Morgan fingerprint density at radius 1 is 1.08 bits per heavy atom. The average molecular weight is 345 g/mol. The molecular formula is C17H13F2N3O3. The van der Waals surface area contributed by atoms with Crippen molar-refractivity contribution in [3.63, 3.8) is 0 Å². The number of benzene rings is 2. The van der Waals surface area contributed by atoms with Crippen molar-refractivity contribution in [2.24, 2.45) is 0 Å². The minimum atomic E-state index is -1.36. The standard InChI is InChI=1S/C17H13F2N3O3/c1-17(11-5-3-2-4-6-11)15(24)22(16(25)20-17)21-14(23)10-7-12(18)9-13(19)8-10/h2-9H,1H3,(H,20,25)(H,21,23). The zero-order valence-electron chi connectivity index (χ0n) is 13.0. The molecule has 3 rings (SSSR count). The normalized spacial score (nSPS) is 19.7. The number of rotatable bonds is 3. The van der Waals surface area contributed by atoms with Crippen LogP contribution in [-0.2, 0) is 10.3 Å². The molecule has 0 saturated carbocycles. The highest BCUT2D eigenvalue weighted by Crippen LogP contribution is 2.27. The Morgan fingerprint density at radius 2 is 1.68 bits per heavy atom. The maximum absolute atomic E-state index is 13.2. The van der Waals surface area contributed by atoms with Gasteiger partial charge in [0.05, 0.1) is 0 Å². The number of nitrogens with one attached hydrogen (secondary N) is 2. The van der Waals surface area contributed by atoms with E-state index in [-0.39, 0.29) is 5.56 Å². The zero-order chi connectivity index (χ0) is 18.2. The average Bonchev–Trinajstić information content (AvgIpc) is 2.79. The summed E-state index contributed by atoms with van der Waals surface area (Å²) < 4.78 is 26.4. The Hall–Kier alpha value is -3.29. The first-order chi connectivity index (χ1) is 11.8.